The number of fused-ring (bicyclic) bond motifs is 1. The van der Waals surface area contributed by atoms with Gasteiger partial charge in [0.15, 0.2) is 11.6 Å². The van der Waals surface area contributed by atoms with E-state index >= 15 is 0 Å². The average molecular weight is 152 g/mol. The molecule has 0 aliphatic carbocycles. The predicted molar refractivity (Wildman–Crippen MR) is 39.9 cm³/mol. The van der Waals surface area contributed by atoms with E-state index in [0.29, 0.717) is 5.75 Å². The van der Waals surface area contributed by atoms with Crippen molar-refractivity contribution >= 4 is 5.82 Å². The van der Waals surface area contributed by atoms with E-state index in [4.69, 9.17) is 9.47 Å². The van der Waals surface area contributed by atoms with Crippen LogP contribution in [0.1, 0.15) is 0 Å². The third-order valence-corrected chi connectivity index (χ3v) is 1.52. The Morgan fingerprint density at radius 2 is 2.45 bits per heavy atom. The van der Waals surface area contributed by atoms with Crippen LogP contribution in [0.25, 0.3) is 0 Å². The zero-order valence-corrected chi connectivity index (χ0v) is 6.13. The Kier molecular flexibility index (Phi) is 1.31. The van der Waals surface area contributed by atoms with Crippen molar-refractivity contribution in [2.75, 3.05) is 19.2 Å². The number of hydrogen-bond donors (Lipinski definition) is 1. The van der Waals surface area contributed by atoms with Crippen LogP contribution in [-0.2, 0) is 0 Å². The van der Waals surface area contributed by atoms with Crippen LogP contribution in [0.4, 0.5) is 5.82 Å². The van der Waals surface area contributed by atoms with Gasteiger partial charge in [-0.3, -0.25) is 0 Å². The fourth-order valence-corrected chi connectivity index (χ4v) is 1.01. The first-order valence-corrected chi connectivity index (χ1v) is 3.34. The topological polar surface area (TPSA) is 43.4 Å². The molecule has 0 saturated carbocycles. The van der Waals surface area contributed by atoms with E-state index in [-0.39, 0.29) is 6.79 Å². The maximum atomic E-state index is 5.17. The van der Waals surface area contributed by atoms with Gasteiger partial charge in [-0.15, -0.1) is 0 Å². The number of ether oxygens (including phenoxy) is 2. The molecule has 0 spiro atoms. The molecule has 0 bridgehead atoms. The minimum absolute atomic E-state index is 0.287. The van der Waals surface area contributed by atoms with E-state index in [9.17, 15) is 0 Å². The van der Waals surface area contributed by atoms with Crippen LogP contribution < -0.4 is 14.8 Å². The molecule has 4 heteroatoms. The summed E-state index contributed by atoms with van der Waals surface area (Å²) in [6.45, 7) is 0.287. The summed E-state index contributed by atoms with van der Waals surface area (Å²) in [7, 11) is 1.80. The summed E-state index contributed by atoms with van der Waals surface area (Å²) in [5, 5.41) is 2.91. The number of rotatable bonds is 1. The van der Waals surface area contributed by atoms with Crippen molar-refractivity contribution in [2.45, 2.75) is 0 Å². The molecule has 1 N–H and O–H groups in total. The van der Waals surface area contributed by atoms with Crippen LogP contribution in [-0.4, -0.2) is 18.8 Å². The number of anilines is 1. The van der Waals surface area contributed by atoms with E-state index in [2.05, 4.69) is 10.3 Å². The van der Waals surface area contributed by atoms with Crippen molar-refractivity contribution < 1.29 is 9.47 Å². The second-order valence-corrected chi connectivity index (χ2v) is 2.14. The Balaban J connectivity index is 2.50. The average Bonchev–Trinajstić information content (AvgIpc) is 2.50. The lowest BCUT2D eigenvalue weighted by atomic mass is 10.4. The molecule has 1 aliphatic heterocycles. The highest BCUT2D eigenvalue weighted by atomic mass is 16.7. The smallest absolute Gasteiger partial charge is 0.231 e. The summed E-state index contributed by atoms with van der Waals surface area (Å²) in [5.74, 6) is 2.18. The Morgan fingerprint density at radius 3 is 3.27 bits per heavy atom. The van der Waals surface area contributed by atoms with Crippen molar-refractivity contribution in [1.82, 2.24) is 4.98 Å². The van der Waals surface area contributed by atoms with Gasteiger partial charge in [0.05, 0.1) is 0 Å². The van der Waals surface area contributed by atoms with Gasteiger partial charge in [0.25, 0.3) is 0 Å². The van der Waals surface area contributed by atoms with E-state index in [1.807, 2.05) is 0 Å². The molecule has 11 heavy (non-hydrogen) atoms. The highest BCUT2D eigenvalue weighted by molar-refractivity contribution is 5.58. The Hall–Kier alpha value is -1.45. The summed E-state index contributed by atoms with van der Waals surface area (Å²) in [5.41, 5.74) is 0. The zero-order chi connectivity index (χ0) is 7.68. The maximum absolute atomic E-state index is 5.17. The molecule has 1 aromatic rings. The summed E-state index contributed by atoms with van der Waals surface area (Å²) in [4.78, 5) is 4.05. The lowest BCUT2D eigenvalue weighted by Crippen LogP contribution is -1.95. The van der Waals surface area contributed by atoms with Gasteiger partial charge in [-0.25, -0.2) is 4.98 Å². The zero-order valence-electron chi connectivity index (χ0n) is 6.13. The molecular formula is C7H8N2O2. The van der Waals surface area contributed by atoms with E-state index in [1.165, 1.54) is 0 Å². The van der Waals surface area contributed by atoms with Crippen molar-refractivity contribution in [3.63, 3.8) is 0 Å². The summed E-state index contributed by atoms with van der Waals surface area (Å²) < 4.78 is 10.3. The van der Waals surface area contributed by atoms with Crippen LogP contribution >= 0.6 is 0 Å². The molecule has 0 amide bonds. The third-order valence-electron chi connectivity index (χ3n) is 1.52. The third kappa shape index (κ3) is 0.869. The molecule has 4 nitrogen and oxygen atoms in total. The fourth-order valence-electron chi connectivity index (χ4n) is 1.01. The lowest BCUT2D eigenvalue weighted by Gasteiger charge is -2.01. The highest BCUT2D eigenvalue weighted by Crippen LogP contribution is 2.36. The molecule has 0 aromatic carbocycles. The largest absolute Gasteiger partial charge is 0.453 e. The first kappa shape index (κ1) is 6.27. The van der Waals surface area contributed by atoms with Crippen molar-refractivity contribution in [1.29, 1.82) is 0 Å². The number of nitrogens with one attached hydrogen (secondary N) is 1. The van der Waals surface area contributed by atoms with Crippen molar-refractivity contribution in [3.05, 3.63) is 12.3 Å². The lowest BCUT2D eigenvalue weighted by molar-refractivity contribution is 0.174. The fraction of sp³-hybridized carbons (Fsp3) is 0.286. The van der Waals surface area contributed by atoms with Gasteiger partial charge in [-0.2, -0.15) is 0 Å². The van der Waals surface area contributed by atoms with Crippen LogP contribution in [0.2, 0.25) is 0 Å². The number of nitrogens with zero attached hydrogens (tertiary/aromatic N) is 1. The normalized spacial score (nSPS) is 13.2. The standard InChI is InChI=1S/C7H8N2O2/c1-8-7-6-5(2-3-9-7)10-4-11-6/h2-3H,4H2,1H3,(H,8,9). The summed E-state index contributed by atoms with van der Waals surface area (Å²) in [6, 6.07) is 1.78. The predicted octanol–water partition coefficient (Wildman–Crippen LogP) is 0.852. The molecule has 0 fully saturated rings. The number of hydrogen-bond acceptors (Lipinski definition) is 4. The van der Waals surface area contributed by atoms with Crippen LogP contribution in [0.15, 0.2) is 12.3 Å². The highest BCUT2D eigenvalue weighted by Gasteiger charge is 2.16. The summed E-state index contributed by atoms with van der Waals surface area (Å²) >= 11 is 0. The van der Waals surface area contributed by atoms with Crippen molar-refractivity contribution in [3.8, 4) is 11.5 Å². The van der Waals surface area contributed by atoms with Gasteiger partial charge in [0.1, 0.15) is 0 Å². The first-order valence-electron chi connectivity index (χ1n) is 3.34. The van der Waals surface area contributed by atoms with Gasteiger partial charge in [0.2, 0.25) is 12.5 Å². The van der Waals surface area contributed by atoms with Gasteiger partial charge < -0.3 is 14.8 Å². The second-order valence-electron chi connectivity index (χ2n) is 2.14. The van der Waals surface area contributed by atoms with Crippen LogP contribution in [0.5, 0.6) is 11.5 Å². The van der Waals surface area contributed by atoms with Gasteiger partial charge in [0, 0.05) is 19.3 Å². The molecule has 2 rings (SSSR count). The van der Waals surface area contributed by atoms with Crippen molar-refractivity contribution in [2.24, 2.45) is 0 Å². The van der Waals surface area contributed by atoms with Gasteiger partial charge in [-0.05, 0) is 0 Å². The van der Waals surface area contributed by atoms with E-state index < -0.39 is 0 Å². The van der Waals surface area contributed by atoms with E-state index in [1.54, 1.807) is 19.3 Å². The Bertz CT molecular complexity index is 275. The van der Waals surface area contributed by atoms with Crippen LogP contribution in [0.3, 0.4) is 0 Å². The second kappa shape index (κ2) is 2.30. The molecule has 0 saturated heterocycles. The van der Waals surface area contributed by atoms with Gasteiger partial charge >= 0.3 is 0 Å². The minimum Gasteiger partial charge on any atom is -0.453 e. The SMILES string of the molecule is CNc1nccc2c1OCO2. The Labute approximate surface area is 64.2 Å². The minimum atomic E-state index is 0.287. The van der Waals surface area contributed by atoms with Gasteiger partial charge in [-0.1, -0.05) is 0 Å². The molecular weight excluding hydrogens is 144 g/mol. The molecule has 0 atom stereocenters. The molecule has 58 valence electrons. The molecule has 0 unspecified atom stereocenters. The molecule has 0 radical (unpaired) electrons. The van der Waals surface area contributed by atoms with Crippen LogP contribution in [0, 0.1) is 0 Å². The maximum Gasteiger partial charge on any atom is 0.231 e. The Morgan fingerprint density at radius 1 is 1.55 bits per heavy atom. The molecule has 1 aromatic heterocycles. The monoisotopic (exact) mass is 152 g/mol. The molecule has 2 heterocycles. The quantitative estimate of drug-likeness (QED) is 0.648. The van der Waals surface area contributed by atoms with E-state index in [0.717, 1.165) is 11.6 Å². The number of aromatic nitrogens is 1. The number of pyridine rings is 1. The first-order chi connectivity index (χ1) is 5.42. The molecule has 1 aliphatic rings. The summed E-state index contributed by atoms with van der Waals surface area (Å²) in [6.07, 6.45) is 1.68.